The van der Waals surface area contributed by atoms with Crippen molar-refractivity contribution in [3.8, 4) is 11.8 Å². The van der Waals surface area contributed by atoms with Gasteiger partial charge in [-0.05, 0) is 17.9 Å². The number of phenolic OH excluding ortho intramolecular Hbond substituents is 1. The number of nitrogens with zero attached hydrogens (tertiary/aromatic N) is 2. The first-order chi connectivity index (χ1) is 9.69. The van der Waals surface area contributed by atoms with E-state index in [0.717, 1.165) is 11.8 Å². The molecule has 20 heavy (non-hydrogen) atoms. The van der Waals surface area contributed by atoms with Crippen LogP contribution in [0.15, 0.2) is 36.4 Å². The van der Waals surface area contributed by atoms with Crippen molar-refractivity contribution in [2.45, 2.75) is 13.3 Å². The number of aromatic hydroxyl groups is 1. The molecule has 0 radical (unpaired) electrons. The van der Waals surface area contributed by atoms with Gasteiger partial charge < -0.3 is 10.0 Å². The molecular weight excluding hydrogens is 252 g/mol. The molecule has 0 aromatic heterocycles. The van der Waals surface area contributed by atoms with Gasteiger partial charge in [0.15, 0.2) is 0 Å². The average molecular weight is 268 g/mol. The lowest BCUT2D eigenvalue weighted by Crippen LogP contribution is -2.32. The van der Waals surface area contributed by atoms with Gasteiger partial charge >= 0.3 is 0 Å². The molecule has 0 aliphatic heterocycles. The SMILES string of the molecule is CCCN(CC#N)C(=O)c1ccc2ccccc2c1O. The number of hydrogen-bond donors (Lipinski definition) is 1. The van der Waals surface area contributed by atoms with E-state index in [0.29, 0.717) is 11.9 Å². The fraction of sp³-hybridized carbons (Fsp3) is 0.250. The van der Waals surface area contributed by atoms with Gasteiger partial charge in [0.2, 0.25) is 0 Å². The highest BCUT2D eigenvalue weighted by Gasteiger charge is 2.19. The summed E-state index contributed by atoms with van der Waals surface area (Å²) in [5.41, 5.74) is 0.243. The van der Waals surface area contributed by atoms with Crippen LogP contribution in [0.1, 0.15) is 23.7 Å². The lowest BCUT2D eigenvalue weighted by molar-refractivity contribution is 0.0773. The second kappa shape index (κ2) is 6.07. The van der Waals surface area contributed by atoms with Gasteiger partial charge in [-0.3, -0.25) is 4.79 Å². The van der Waals surface area contributed by atoms with Gasteiger partial charge in [-0.15, -0.1) is 0 Å². The molecule has 4 heteroatoms. The van der Waals surface area contributed by atoms with Crippen LogP contribution in [0.3, 0.4) is 0 Å². The topological polar surface area (TPSA) is 64.3 Å². The quantitative estimate of drug-likeness (QED) is 0.867. The Morgan fingerprint density at radius 3 is 2.75 bits per heavy atom. The fourth-order valence-corrected chi connectivity index (χ4v) is 2.21. The number of carbonyl (C=O) groups excluding carboxylic acids is 1. The predicted octanol–water partition coefficient (Wildman–Crippen LogP) is 2.92. The van der Waals surface area contributed by atoms with E-state index >= 15 is 0 Å². The number of hydrogen-bond acceptors (Lipinski definition) is 3. The molecule has 0 bridgehead atoms. The van der Waals surface area contributed by atoms with Crippen LogP contribution in [0, 0.1) is 11.3 Å². The van der Waals surface area contributed by atoms with Crippen LogP contribution < -0.4 is 0 Å². The van der Waals surface area contributed by atoms with Crippen LogP contribution in [-0.4, -0.2) is 29.0 Å². The Morgan fingerprint density at radius 2 is 2.05 bits per heavy atom. The van der Waals surface area contributed by atoms with Crippen molar-refractivity contribution < 1.29 is 9.90 Å². The minimum absolute atomic E-state index is 0.0212. The van der Waals surface area contributed by atoms with Crippen molar-refractivity contribution in [2.24, 2.45) is 0 Å². The summed E-state index contributed by atoms with van der Waals surface area (Å²) in [6.07, 6.45) is 0.766. The fourth-order valence-electron chi connectivity index (χ4n) is 2.21. The molecule has 4 nitrogen and oxygen atoms in total. The van der Waals surface area contributed by atoms with Gasteiger partial charge in [0.25, 0.3) is 5.91 Å². The minimum Gasteiger partial charge on any atom is -0.506 e. The Labute approximate surface area is 117 Å². The standard InChI is InChI=1S/C16H16N2O2/c1-2-10-18(11-9-17)16(20)14-8-7-12-5-3-4-6-13(12)15(14)19/h3-8,19H,2,10-11H2,1H3. The molecule has 1 N–H and O–H groups in total. The highest BCUT2D eigenvalue weighted by molar-refractivity contribution is 6.03. The van der Waals surface area contributed by atoms with E-state index in [1.807, 2.05) is 31.2 Å². The van der Waals surface area contributed by atoms with Crippen LogP contribution in [0.4, 0.5) is 0 Å². The maximum absolute atomic E-state index is 12.4. The van der Waals surface area contributed by atoms with Crippen molar-refractivity contribution in [3.05, 3.63) is 42.0 Å². The Morgan fingerprint density at radius 1 is 1.30 bits per heavy atom. The largest absolute Gasteiger partial charge is 0.506 e. The zero-order valence-electron chi connectivity index (χ0n) is 11.3. The number of carbonyl (C=O) groups is 1. The third-order valence-electron chi connectivity index (χ3n) is 3.17. The highest BCUT2D eigenvalue weighted by Crippen LogP contribution is 2.29. The summed E-state index contributed by atoms with van der Waals surface area (Å²) in [7, 11) is 0. The van der Waals surface area contributed by atoms with E-state index in [1.165, 1.54) is 4.90 Å². The summed E-state index contributed by atoms with van der Waals surface area (Å²) >= 11 is 0. The van der Waals surface area contributed by atoms with E-state index in [1.54, 1.807) is 18.2 Å². The molecule has 0 aliphatic carbocycles. The first-order valence-corrected chi connectivity index (χ1v) is 6.56. The maximum atomic E-state index is 12.4. The average Bonchev–Trinajstić information content (AvgIpc) is 2.47. The van der Waals surface area contributed by atoms with Crippen LogP contribution in [0.25, 0.3) is 10.8 Å². The molecule has 0 saturated heterocycles. The van der Waals surface area contributed by atoms with Crippen molar-refractivity contribution in [2.75, 3.05) is 13.1 Å². The van der Waals surface area contributed by atoms with Gasteiger partial charge in [0.05, 0.1) is 11.6 Å². The molecule has 102 valence electrons. The van der Waals surface area contributed by atoms with Gasteiger partial charge in [-0.25, -0.2) is 0 Å². The van der Waals surface area contributed by atoms with Crippen LogP contribution >= 0.6 is 0 Å². The second-order valence-electron chi connectivity index (χ2n) is 4.57. The number of amides is 1. The maximum Gasteiger partial charge on any atom is 0.258 e. The van der Waals surface area contributed by atoms with Crippen LogP contribution in [0.2, 0.25) is 0 Å². The van der Waals surface area contributed by atoms with Crippen molar-refractivity contribution in [1.82, 2.24) is 4.90 Å². The van der Waals surface area contributed by atoms with Crippen molar-refractivity contribution in [1.29, 1.82) is 5.26 Å². The molecule has 0 saturated carbocycles. The van der Waals surface area contributed by atoms with Crippen molar-refractivity contribution in [3.63, 3.8) is 0 Å². The second-order valence-corrected chi connectivity index (χ2v) is 4.57. The third-order valence-corrected chi connectivity index (χ3v) is 3.17. The van der Waals surface area contributed by atoms with E-state index < -0.39 is 0 Å². The van der Waals surface area contributed by atoms with Gasteiger partial charge in [0.1, 0.15) is 12.3 Å². The number of fused-ring (bicyclic) bond motifs is 1. The van der Waals surface area contributed by atoms with Gasteiger partial charge in [0, 0.05) is 11.9 Å². The first kappa shape index (κ1) is 13.9. The number of nitriles is 1. The number of rotatable bonds is 4. The monoisotopic (exact) mass is 268 g/mol. The lowest BCUT2D eigenvalue weighted by atomic mass is 10.0. The molecule has 2 rings (SSSR count). The molecule has 1 amide bonds. The Hall–Kier alpha value is -2.54. The Kier molecular flexibility index (Phi) is 4.21. The van der Waals surface area contributed by atoms with E-state index in [-0.39, 0.29) is 23.8 Å². The zero-order chi connectivity index (χ0) is 14.5. The van der Waals surface area contributed by atoms with Crippen molar-refractivity contribution >= 4 is 16.7 Å². The highest BCUT2D eigenvalue weighted by atomic mass is 16.3. The molecule has 0 fully saturated rings. The molecule has 0 unspecified atom stereocenters. The molecular formula is C16H16N2O2. The Balaban J connectivity index is 2.44. The van der Waals surface area contributed by atoms with E-state index in [4.69, 9.17) is 5.26 Å². The van der Waals surface area contributed by atoms with Crippen LogP contribution in [-0.2, 0) is 0 Å². The Bertz CT molecular complexity index is 674. The summed E-state index contributed by atoms with van der Waals surface area (Å²) in [4.78, 5) is 13.9. The minimum atomic E-state index is -0.309. The van der Waals surface area contributed by atoms with Gasteiger partial charge in [-0.2, -0.15) is 5.26 Å². The number of benzene rings is 2. The predicted molar refractivity (Wildman–Crippen MR) is 77.4 cm³/mol. The molecule has 0 spiro atoms. The lowest BCUT2D eigenvalue weighted by Gasteiger charge is -2.19. The molecule has 0 heterocycles. The third kappa shape index (κ3) is 2.57. The molecule has 2 aromatic carbocycles. The molecule has 0 atom stereocenters. The zero-order valence-corrected chi connectivity index (χ0v) is 11.3. The first-order valence-electron chi connectivity index (χ1n) is 6.56. The molecule has 0 aliphatic rings. The van der Waals surface area contributed by atoms with Gasteiger partial charge in [-0.1, -0.05) is 37.3 Å². The van der Waals surface area contributed by atoms with E-state index in [9.17, 15) is 9.90 Å². The summed E-state index contributed by atoms with van der Waals surface area (Å²) < 4.78 is 0. The normalized spacial score (nSPS) is 10.2. The summed E-state index contributed by atoms with van der Waals surface area (Å²) in [6, 6.07) is 12.7. The summed E-state index contributed by atoms with van der Waals surface area (Å²) in [5, 5.41) is 20.6. The van der Waals surface area contributed by atoms with E-state index in [2.05, 4.69) is 0 Å². The molecule has 2 aromatic rings. The van der Waals surface area contributed by atoms with Crippen LogP contribution in [0.5, 0.6) is 5.75 Å². The smallest absolute Gasteiger partial charge is 0.258 e. The summed E-state index contributed by atoms with van der Waals surface area (Å²) in [6.45, 7) is 2.47. The number of phenols is 1. The summed E-state index contributed by atoms with van der Waals surface area (Å²) in [5.74, 6) is -0.330.